The average molecular weight is 325 g/mol. The third-order valence-corrected chi connectivity index (χ3v) is 6.60. The molecule has 0 radical (unpaired) electrons. The third kappa shape index (κ3) is 1.90. The summed E-state index contributed by atoms with van der Waals surface area (Å²) in [6, 6.07) is 7.47. The van der Waals surface area contributed by atoms with Crippen molar-refractivity contribution in [1.29, 1.82) is 0 Å². The topological polar surface area (TPSA) is 63.6 Å². The van der Waals surface area contributed by atoms with Gasteiger partial charge in [-0.1, -0.05) is 11.6 Å². The molecule has 1 N–H and O–H groups in total. The van der Waals surface area contributed by atoms with Crippen molar-refractivity contribution in [1.82, 2.24) is 0 Å². The van der Waals surface area contributed by atoms with E-state index in [1.165, 1.54) is 0 Å². The highest BCUT2D eigenvalue weighted by molar-refractivity contribution is 8.00. The monoisotopic (exact) mass is 324 g/mol. The number of carbonyl (C=O) groups excluding carboxylic acids is 1. The van der Waals surface area contributed by atoms with E-state index in [1.54, 1.807) is 11.8 Å². The van der Waals surface area contributed by atoms with E-state index in [2.05, 4.69) is 0 Å². The van der Waals surface area contributed by atoms with Crippen LogP contribution in [0.15, 0.2) is 29.2 Å². The molecule has 4 nitrogen and oxygen atoms in total. The molecule has 0 amide bonds. The van der Waals surface area contributed by atoms with Crippen molar-refractivity contribution in [3.63, 3.8) is 0 Å². The summed E-state index contributed by atoms with van der Waals surface area (Å²) in [5.74, 6) is -2.13. The molecule has 1 aromatic rings. The molecule has 2 saturated carbocycles. The van der Waals surface area contributed by atoms with Crippen molar-refractivity contribution in [3.05, 3.63) is 29.3 Å². The molecule has 1 saturated heterocycles. The zero-order valence-electron chi connectivity index (χ0n) is 10.9. The smallest absolute Gasteiger partial charge is 0.310 e. The first-order chi connectivity index (χ1) is 10.1. The summed E-state index contributed by atoms with van der Waals surface area (Å²) in [7, 11) is 0. The summed E-state index contributed by atoms with van der Waals surface area (Å²) < 4.78 is 5.48. The Kier molecular flexibility index (Phi) is 2.98. The van der Waals surface area contributed by atoms with Crippen molar-refractivity contribution in [2.24, 2.45) is 23.7 Å². The van der Waals surface area contributed by atoms with Crippen LogP contribution in [0.2, 0.25) is 5.02 Å². The number of esters is 1. The van der Waals surface area contributed by atoms with Crippen LogP contribution >= 0.6 is 23.4 Å². The van der Waals surface area contributed by atoms with Crippen LogP contribution < -0.4 is 0 Å². The van der Waals surface area contributed by atoms with Gasteiger partial charge in [0.15, 0.2) is 0 Å². The molecule has 1 heterocycles. The minimum atomic E-state index is -0.869. The Labute approximate surface area is 130 Å². The van der Waals surface area contributed by atoms with Crippen LogP contribution in [0.25, 0.3) is 0 Å². The van der Waals surface area contributed by atoms with Gasteiger partial charge >= 0.3 is 11.9 Å². The van der Waals surface area contributed by atoms with E-state index in [4.69, 9.17) is 16.3 Å². The maximum absolute atomic E-state index is 11.9. The van der Waals surface area contributed by atoms with Crippen LogP contribution in [0.1, 0.15) is 6.42 Å². The van der Waals surface area contributed by atoms with E-state index < -0.39 is 17.8 Å². The number of hydrogen-bond donors (Lipinski definition) is 1. The lowest BCUT2D eigenvalue weighted by molar-refractivity contribution is -0.151. The fraction of sp³-hybridized carbons (Fsp3) is 0.467. The van der Waals surface area contributed by atoms with Crippen LogP contribution in [0.4, 0.5) is 0 Å². The number of benzene rings is 1. The summed E-state index contributed by atoms with van der Waals surface area (Å²) in [5, 5.41) is 10.2. The van der Waals surface area contributed by atoms with Crippen LogP contribution in [-0.4, -0.2) is 28.4 Å². The molecule has 3 aliphatic rings. The number of fused-ring (bicyclic) bond motifs is 1. The second-order valence-corrected chi connectivity index (χ2v) is 7.58. The van der Waals surface area contributed by atoms with Crippen LogP contribution in [-0.2, 0) is 14.3 Å². The van der Waals surface area contributed by atoms with E-state index >= 15 is 0 Å². The normalized spacial score (nSPS) is 39.6. The first-order valence-corrected chi connectivity index (χ1v) is 8.17. The molecule has 0 spiro atoms. The predicted molar refractivity (Wildman–Crippen MR) is 77.2 cm³/mol. The van der Waals surface area contributed by atoms with Gasteiger partial charge in [-0.05, 0) is 36.6 Å². The second-order valence-electron chi connectivity index (χ2n) is 5.89. The number of thioether (sulfide) groups is 1. The van der Waals surface area contributed by atoms with Gasteiger partial charge in [0.2, 0.25) is 0 Å². The van der Waals surface area contributed by atoms with E-state index in [1.807, 2.05) is 24.3 Å². The van der Waals surface area contributed by atoms with E-state index in [0.717, 1.165) is 11.3 Å². The molecule has 21 heavy (non-hydrogen) atoms. The first-order valence-electron chi connectivity index (χ1n) is 6.92. The molecule has 1 aromatic carbocycles. The fourth-order valence-electron chi connectivity index (χ4n) is 4.15. The van der Waals surface area contributed by atoms with Gasteiger partial charge in [0.1, 0.15) is 6.10 Å². The predicted octanol–water partition coefficient (Wildman–Crippen LogP) is 2.69. The summed E-state index contributed by atoms with van der Waals surface area (Å²) in [6.07, 6.45) is 0.646. The summed E-state index contributed by atoms with van der Waals surface area (Å²) in [6.45, 7) is 0. The van der Waals surface area contributed by atoms with Gasteiger partial charge < -0.3 is 9.84 Å². The van der Waals surface area contributed by atoms with Gasteiger partial charge in [0, 0.05) is 15.8 Å². The van der Waals surface area contributed by atoms with Crippen LogP contribution in [0.5, 0.6) is 0 Å². The summed E-state index contributed by atoms with van der Waals surface area (Å²) in [4.78, 5) is 24.5. The van der Waals surface area contributed by atoms with Crippen molar-refractivity contribution in [3.8, 4) is 0 Å². The number of rotatable bonds is 3. The molecule has 110 valence electrons. The zero-order chi connectivity index (χ0) is 14.7. The van der Waals surface area contributed by atoms with Gasteiger partial charge in [0.05, 0.1) is 17.1 Å². The Morgan fingerprint density at radius 1 is 1.29 bits per heavy atom. The molecule has 2 bridgehead atoms. The Bertz CT molecular complexity index is 617. The van der Waals surface area contributed by atoms with Gasteiger partial charge in [-0.3, -0.25) is 9.59 Å². The summed E-state index contributed by atoms with van der Waals surface area (Å²) >= 11 is 7.49. The van der Waals surface area contributed by atoms with Gasteiger partial charge in [0.25, 0.3) is 0 Å². The molecule has 0 aromatic heterocycles. The first kappa shape index (κ1) is 13.5. The Morgan fingerprint density at radius 2 is 2.00 bits per heavy atom. The average Bonchev–Trinajstić information content (AvgIpc) is 3.04. The molecule has 0 unspecified atom stereocenters. The van der Waals surface area contributed by atoms with Crippen molar-refractivity contribution >= 4 is 35.3 Å². The maximum Gasteiger partial charge on any atom is 0.310 e. The number of aliphatic carboxylic acids is 1. The minimum Gasteiger partial charge on any atom is -0.481 e. The van der Waals surface area contributed by atoms with Crippen LogP contribution in [0, 0.1) is 23.7 Å². The second kappa shape index (κ2) is 4.65. The maximum atomic E-state index is 11.9. The standard InChI is InChI=1S/C15H13ClO4S/c16-6-1-3-7(4-2-6)21-13-9-5-8-11(10(9)14(17)18)15(19)20-12(8)13/h1-4,8-13H,5H2,(H,17,18)/t8-,9+,10+,11-,12+,13-/m0/s1. The van der Waals surface area contributed by atoms with Crippen LogP contribution in [0.3, 0.4) is 0 Å². The Morgan fingerprint density at radius 3 is 2.67 bits per heavy atom. The van der Waals surface area contributed by atoms with E-state index in [9.17, 15) is 14.7 Å². The molecule has 2 aliphatic carbocycles. The molecule has 3 fully saturated rings. The van der Waals surface area contributed by atoms with E-state index in [0.29, 0.717) is 5.02 Å². The van der Waals surface area contributed by atoms with E-state index in [-0.39, 0.29) is 29.2 Å². The lowest BCUT2D eigenvalue weighted by Crippen LogP contribution is -2.39. The quantitative estimate of drug-likeness (QED) is 0.866. The molecular weight excluding hydrogens is 312 g/mol. The molecular formula is C15H13ClO4S. The third-order valence-electron chi connectivity index (χ3n) is 4.92. The molecule has 4 rings (SSSR count). The molecule has 6 atom stereocenters. The van der Waals surface area contributed by atoms with Gasteiger partial charge in [-0.2, -0.15) is 0 Å². The summed E-state index contributed by atoms with van der Waals surface area (Å²) in [5.41, 5.74) is 0. The van der Waals surface area contributed by atoms with Gasteiger partial charge in [-0.15, -0.1) is 11.8 Å². The number of carbonyl (C=O) groups is 2. The molecule has 1 aliphatic heterocycles. The highest BCUT2D eigenvalue weighted by Gasteiger charge is 2.68. The largest absolute Gasteiger partial charge is 0.481 e. The lowest BCUT2D eigenvalue weighted by Gasteiger charge is -2.29. The van der Waals surface area contributed by atoms with Gasteiger partial charge in [-0.25, -0.2) is 0 Å². The minimum absolute atomic E-state index is 0.00891. The fourth-order valence-corrected chi connectivity index (χ4v) is 5.73. The SMILES string of the molecule is O=C(O)[C@@H]1[C@H]2C[C@@H]3[C@@H](OC(=O)[C@@H]31)[C@H]2Sc1ccc(Cl)cc1. The van der Waals surface area contributed by atoms with Crippen molar-refractivity contribution in [2.75, 3.05) is 0 Å². The Balaban J connectivity index is 1.63. The Hall–Kier alpha value is -1.20. The lowest BCUT2D eigenvalue weighted by atomic mass is 9.80. The van der Waals surface area contributed by atoms with Crippen molar-refractivity contribution in [2.45, 2.75) is 22.7 Å². The highest BCUT2D eigenvalue weighted by Crippen LogP contribution is 2.61. The number of carboxylic acid groups (broad SMARTS) is 1. The number of carboxylic acids is 1. The highest BCUT2D eigenvalue weighted by atomic mass is 35.5. The number of halogens is 1. The van der Waals surface area contributed by atoms with Crippen molar-refractivity contribution < 1.29 is 19.4 Å². The molecule has 6 heteroatoms. The number of hydrogen-bond acceptors (Lipinski definition) is 4. The number of ether oxygens (including phenoxy) is 1. The zero-order valence-corrected chi connectivity index (χ0v) is 12.5.